The van der Waals surface area contributed by atoms with Gasteiger partial charge in [0.2, 0.25) is 0 Å². The molecule has 1 heterocycles. The molecule has 0 saturated heterocycles. The van der Waals surface area contributed by atoms with Crippen LogP contribution in [0, 0.1) is 0 Å². The summed E-state index contributed by atoms with van der Waals surface area (Å²) in [7, 11) is 0. The molecule has 4 rings (SSSR count). The number of rotatable bonds is 12. The molecule has 0 spiro atoms. The Bertz CT molecular complexity index is 1080. The molecule has 1 N–H and O–H groups in total. The maximum Gasteiger partial charge on any atom is 0.176 e. The molecule has 0 unspecified atom stereocenters. The Balaban J connectivity index is 1.59. The van der Waals surface area contributed by atoms with Crippen LogP contribution in [0.25, 0.3) is 0 Å². The third-order valence-electron chi connectivity index (χ3n) is 5.59. The highest BCUT2D eigenvalue weighted by Crippen LogP contribution is 2.27. The van der Waals surface area contributed by atoms with E-state index in [1.54, 1.807) is 0 Å². The first kappa shape index (κ1) is 24.7. The SMILES string of the molecule is CCOCc1ccc(C2=NN(c3ccc(COCC)cc3)N(c3ccc(COCC)cc3)N2)cc1. The first-order chi connectivity index (χ1) is 17.2. The fraction of sp³-hybridized carbons (Fsp3) is 0.321. The number of nitrogens with one attached hydrogen (secondary N) is 1. The molecule has 7 nitrogen and oxygen atoms in total. The van der Waals surface area contributed by atoms with Gasteiger partial charge in [0.05, 0.1) is 31.2 Å². The summed E-state index contributed by atoms with van der Waals surface area (Å²) in [5.74, 6) is 0.768. The maximum atomic E-state index is 5.54. The van der Waals surface area contributed by atoms with Crippen molar-refractivity contribution in [2.45, 2.75) is 40.6 Å². The van der Waals surface area contributed by atoms with Crippen LogP contribution in [0.2, 0.25) is 0 Å². The van der Waals surface area contributed by atoms with Crippen LogP contribution >= 0.6 is 0 Å². The van der Waals surface area contributed by atoms with Gasteiger partial charge in [0.1, 0.15) is 0 Å². The molecule has 0 atom stereocenters. The van der Waals surface area contributed by atoms with Gasteiger partial charge in [0.25, 0.3) is 0 Å². The zero-order valence-corrected chi connectivity index (χ0v) is 20.7. The van der Waals surface area contributed by atoms with Crippen molar-refractivity contribution in [3.63, 3.8) is 0 Å². The topological polar surface area (TPSA) is 58.6 Å². The second-order valence-electron chi connectivity index (χ2n) is 8.10. The van der Waals surface area contributed by atoms with Crippen molar-refractivity contribution < 1.29 is 14.2 Å². The monoisotopic (exact) mass is 474 g/mol. The van der Waals surface area contributed by atoms with E-state index >= 15 is 0 Å². The second-order valence-corrected chi connectivity index (χ2v) is 8.10. The van der Waals surface area contributed by atoms with E-state index in [2.05, 4.69) is 78.2 Å². The minimum atomic E-state index is 0.600. The van der Waals surface area contributed by atoms with Crippen LogP contribution in [-0.4, -0.2) is 25.7 Å². The van der Waals surface area contributed by atoms with Crippen LogP contribution in [0.15, 0.2) is 77.9 Å². The summed E-state index contributed by atoms with van der Waals surface area (Å²) in [5.41, 5.74) is 9.78. The summed E-state index contributed by atoms with van der Waals surface area (Å²) in [6, 6.07) is 24.9. The van der Waals surface area contributed by atoms with Crippen LogP contribution in [0.5, 0.6) is 0 Å². The molecule has 0 aliphatic carbocycles. The fourth-order valence-corrected chi connectivity index (χ4v) is 3.66. The van der Waals surface area contributed by atoms with E-state index in [0.29, 0.717) is 39.6 Å². The second kappa shape index (κ2) is 12.4. The van der Waals surface area contributed by atoms with E-state index in [1.807, 2.05) is 31.0 Å². The van der Waals surface area contributed by atoms with Crippen molar-refractivity contribution >= 4 is 17.2 Å². The number of amidine groups is 1. The molecule has 0 fully saturated rings. The number of hydrogen-bond acceptors (Lipinski definition) is 7. The third-order valence-corrected chi connectivity index (χ3v) is 5.59. The quantitative estimate of drug-likeness (QED) is 0.379. The van der Waals surface area contributed by atoms with Crippen molar-refractivity contribution in [3.05, 3.63) is 95.1 Å². The number of hydrazone groups is 1. The van der Waals surface area contributed by atoms with Crippen molar-refractivity contribution in [1.29, 1.82) is 0 Å². The largest absolute Gasteiger partial charge is 0.377 e. The Kier molecular flexibility index (Phi) is 8.73. The van der Waals surface area contributed by atoms with E-state index in [-0.39, 0.29) is 0 Å². The molecule has 0 radical (unpaired) electrons. The molecule has 184 valence electrons. The number of anilines is 2. The highest BCUT2D eigenvalue weighted by Gasteiger charge is 2.26. The van der Waals surface area contributed by atoms with Crippen molar-refractivity contribution in [1.82, 2.24) is 5.43 Å². The summed E-state index contributed by atoms with van der Waals surface area (Å²) in [6.07, 6.45) is 0. The van der Waals surface area contributed by atoms with Gasteiger partial charge >= 0.3 is 0 Å². The van der Waals surface area contributed by atoms with Crippen molar-refractivity contribution in [2.24, 2.45) is 5.10 Å². The van der Waals surface area contributed by atoms with Gasteiger partial charge in [-0.05, 0) is 61.7 Å². The zero-order valence-electron chi connectivity index (χ0n) is 20.7. The number of ether oxygens (including phenoxy) is 3. The van der Waals surface area contributed by atoms with Crippen LogP contribution in [0.1, 0.15) is 43.0 Å². The molecule has 7 heteroatoms. The summed E-state index contributed by atoms with van der Waals surface area (Å²) >= 11 is 0. The van der Waals surface area contributed by atoms with E-state index in [0.717, 1.165) is 39.5 Å². The number of hydrogen-bond donors (Lipinski definition) is 1. The molecule has 3 aromatic rings. The van der Waals surface area contributed by atoms with E-state index in [4.69, 9.17) is 19.3 Å². The number of hydrazine groups is 2. The molecular weight excluding hydrogens is 440 g/mol. The Hall–Kier alpha value is -3.39. The van der Waals surface area contributed by atoms with Gasteiger partial charge in [0.15, 0.2) is 5.84 Å². The molecule has 3 aromatic carbocycles. The average Bonchev–Trinajstić information content (AvgIpc) is 3.36. The molecule has 0 amide bonds. The first-order valence-corrected chi connectivity index (χ1v) is 12.2. The van der Waals surface area contributed by atoms with E-state index < -0.39 is 0 Å². The zero-order chi connectivity index (χ0) is 24.5. The van der Waals surface area contributed by atoms with Crippen LogP contribution < -0.4 is 15.7 Å². The molecule has 0 aromatic heterocycles. The Labute approximate surface area is 207 Å². The molecule has 0 bridgehead atoms. The average molecular weight is 475 g/mol. The van der Waals surface area contributed by atoms with Crippen molar-refractivity contribution in [2.75, 3.05) is 30.1 Å². The molecular formula is C28H34N4O3. The normalized spacial score (nSPS) is 13.2. The van der Waals surface area contributed by atoms with Gasteiger partial charge in [0, 0.05) is 25.4 Å². The van der Waals surface area contributed by atoms with Gasteiger partial charge < -0.3 is 14.2 Å². The van der Waals surface area contributed by atoms with E-state index in [9.17, 15) is 0 Å². The summed E-state index contributed by atoms with van der Waals surface area (Å²) < 4.78 is 16.6. The van der Waals surface area contributed by atoms with Gasteiger partial charge in [-0.3, -0.25) is 5.43 Å². The third kappa shape index (κ3) is 6.39. The van der Waals surface area contributed by atoms with Crippen molar-refractivity contribution in [3.8, 4) is 0 Å². The Morgan fingerprint density at radius 1 is 0.600 bits per heavy atom. The van der Waals surface area contributed by atoms with Crippen LogP contribution in [0.4, 0.5) is 11.4 Å². The maximum absolute atomic E-state index is 5.54. The molecule has 1 aliphatic rings. The molecule has 35 heavy (non-hydrogen) atoms. The predicted octanol–water partition coefficient (Wildman–Crippen LogP) is 5.40. The Morgan fingerprint density at radius 2 is 1.03 bits per heavy atom. The lowest BCUT2D eigenvalue weighted by atomic mass is 10.1. The fourth-order valence-electron chi connectivity index (χ4n) is 3.66. The van der Waals surface area contributed by atoms with Gasteiger partial charge in [-0.1, -0.05) is 48.5 Å². The highest BCUT2D eigenvalue weighted by molar-refractivity contribution is 6.02. The lowest BCUT2D eigenvalue weighted by Crippen LogP contribution is -2.44. The lowest BCUT2D eigenvalue weighted by Gasteiger charge is -2.28. The van der Waals surface area contributed by atoms with Gasteiger partial charge in [-0.25, -0.2) is 0 Å². The standard InChI is InChI=1S/C28H34N4O3/c1-4-33-19-22-7-13-25(14-8-22)28-29-31(26-15-9-23(10-16-26)20-34-5-2)32(30-28)27-17-11-24(12-18-27)21-35-6-3/h7-18H,4-6,19-21H2,1-3H3,(H,29,30). The first-order valence-electron chi connectivity index (χ1n) is 12.2. The van der Waals surface area contributed by atoms with Gasteiger partial charge in [-0.15, -0.1) is 5.10 Å². The number of benzene rings is 3. The molecule has 0 saturated carbocycles. The van der Waals surface area contributed by atoms with E-state index in [1.165, 1.54) is 0 Å². The minimum Gasteiger partial charge on any atom is -0.377 e. The van der Waals surface area contributed by atoms with Crippen LogP contribution in [-0.2, 0) is 34.0 Å². The number of nitrogens with zero attached hydrogens (tertiary/aromatic N) is 3. The molecule has 1 aliphatic heterocycles. The van der Waals surface area contributed by atoms with Crippen LogP contribution in [0.3, 0.4) is 0 Å². The predicted molar refractivity (Wildman–Crippen MR) is 140 cm³/mol. The minimum absolute atomic E-state index is 0.600. The summed E-state index contributed by atoms with van der Waals surface area (Å²) in [6.45, 7) is 9.91. The van der Waals surface area contributed by atoms with Gasteiger partial charge in [-0.2, -0.15) is 10.2 Å². The smallest absolute Gasteiger partial charge is 0.176 e. The highest BCUT2D eigenvalue weighted by atomic mass is 16.5. The lowest BCUT2D eigenvalue weighted by molar-refractivity contribution is 0.134. The summed E-state index contributed by atoms with van der Waals surface area (Å²) in [5, 5.41) is 8.75. The Morgan fingerprint density at radius 3 is 1.49 bits per heavy atom. The summed E-state index contributed by atoms with van der Waals surface area (Å²) in [4.78, 5) is 0.